The van der Waals surface area contributed by atoms with Crippen molar-refractivity contribution < 1.29 is 4.74 Å². The first-order valence-corrected chi connectivity index (χ1v) is 6.56. The highest BCUT2D eigenvalue weighted by atomic mass is 16.5. The Bertz CT molecular complexity index is 668. The molecule has 1 aromatic carbocycles. The summed E-state index contributed by atoms with van der Waals surface area (Å²) in [5, 5.41) is 12.1. The lowest BCUT2D eigenvalue weighted by atomic mass is 10.0. The Morgan fingerprint density at radius 1 is 1.20 bits per heavy atom. The van der Waals surface area contributed by atoms with E-state index in [1.807, 2.05) is 31.2 Å². The van der Waals surface area contributed by atoms with Crippen LogP contribution >= 0.6 is 0 Å². The predicted octanol–water partition coefficient (Wildman–Crippen LogP) is 2.60. The van der Waals surface area contributed by atoms with Gasteiger partial charge >= 0.3 is 0 Å². The van der Waals surface area contributed by atoms with E-state index >= 15 is 0 Å². The normalized spacial score (nSPS) is 18.2. The van der Waals surface area contributed by atoms with E-state index < -0.39 is 0 Å². The largest absolute Gasteiger partial charge is 0.465 e. The van der Waals surface area contributed by atoms with Gasteiger partial charge in [0.1, 0.15) is 0 Å². The Morgan fingerprint density at radius 3 is 2.70 bits per heavy atom. The molecule has 1 aliphatic rings. The minimum atomic E-state index is -0.321. The number of fused-ring (bicyclic) bond motifs is 1. The zero-order valence-electron chi connectivity index (χ0n) is 12.0. The van der Waals surface area contributed by atoms with Gasteiger partial charge in [0.05, 0.1) is 11.2 Å². The lowest BCUT2D eigenvalue weighted by Gasteiger charge is -2.27. The molecule has 1 aliphatic heterocycles. The van der Waals surface area contributed by atoms with Crippen molar-refractivity contribution in [1.82, 2.24) is 20.2 Å². The number of nitrogens with zero attached hydrogens (tertiary/aromatic N) is 5. The second-order valence-corrected chi connectivity index (χ2v) is 5.81. The maximum absolute atomic E-state index is 5.88. The zero-order valence-corrected chi connectivity index (χ0v) is 12.0. The maximum atomic E-state index is 5.88. The van der Waals surface area contributed by atoms with Gasteiger partial charge in [0.2, 0.25) is 0 Å². The third kappa shape index (κ3) is 2.07. The molecule has 20 heavy (non-hydrogen) atoms. The van der Waals surface area contributed by atoms with Gasteiger partial charge in [-0.3, -0.25) is 0 Å². The highest BCUT2D eigenvalue weighted by Gasteiger charge is 2.31. The van der Waals surface area contributed by atoms with Gasteiger partial charge in [0.15, 0.2) is 17.8 Å². The third-order valence-corrected chi connectivity index (χ3v) is 3.15. The van der Waals surface area contributed by atoms with Gasteiger partial charge in [-0.2, -0.15) is 0 Å². The van der Waals surface area contributed by atoms with Crippen molar-refractivity contribution in [3.8, 4) is 0 Å². The van der Waals surface area contributed by atoms with E-state index in [4.69, 9.17) is 4.74 Å². The van der Waals surface area contributed by atoms with Crippen molar-refractivity contribution in [3.63, 3.8) is 0 Å². The van der Waals surface area contributed by atoms with E-state index in [0.717, 1.165) is 11.3 Å². The highest BCUT2D eigenvalue weighted by Crippen LogP contribution is 2.36. The molecule has 0 amide bonds. The molecule has 1 unspecified atom stereocenters. The van der Waals surface area contributed by atoms with E-state index in [-0.39, 0.29) is 11.6 Å². The molecule has 0 saturated carbocycles. The fourth-order valence-electron chi connectivity index (χ4n) is 2.27. The summed E-state index contributed by atoms with van der Waals surface area (Å²) in [4.78, 5) is 4.41. The number of rotatable bonds is 1. The Labute approximate surface area is 117 Å². The maximum Gasteiger partial charge on any atom is 0.197 e. The molecule has 2 aromatic rings. The fraction of sp³-hybridized carbons (Fsp3) is 0.429. The number of benzene rings is 1. The highest BCUT2D eigenvalue weighted by molar-refractivity contribution is 5.80. The number of tetrazole rings is 1. The van der Waals surface area contributed by atoms with Crippen LogP contribution in [0.2, 0.25) is 0 Å². The summed E-state index contributed by atoms with van der Waals surface area (Å²) in [6.07, 6.45) is -0.321. The number of aliphatic imine (C=N–C) groups is 1. The average molecular weight is 271 g/mol. The third-order valence-electron chi connectivity index (χ3n) is 3.15. The van der Waals surface area contributed by atoms with Crippen LogP contribution in [0.15, 0.2) is 29.3 Å². The van der Waals surface area contributed by atoms with E-state index in [9.17, 15) is 0 Å². The Hall–Kier alpha value is -2.24. The lowest BCUT2D eigenvalue weighted by Crippen LogP contribution is -2.29. The van der Waals surface area contributed by atoms with Gasteiger partial charge in [-0.05, 0) is 37.3 Å². The molecule has 104 valence electrons. The first kappa shape index (κ1) is 12.8. The van der Waals surface area contributed by atoms with Crippen LogP contribution in [0.4, 0.5) is 5.69 Å². The van der Waals surface area contributed by atoms with Crippen LogP contribution in [0.25, 0.3) is 0 Å². The summed E-state index contributed by atoms with van der Waals surface area (Å²) < 4.78 is 7.68. The zero-order chi connectivity index (χ0) is 14.3. The van der Waals surface area contributed by atoms with E-state index in [2.05, 4.69) is 41.3 Å². The van der Waals surface area contributed by atoms with E-state index in [1.165, 1.54) is 0 Å². The van der Waals surface area contributed by atoms with Crippen LogP contribution in [0, 0.1) is 0 Å². The second kappa shape index (κ2) is 4.40. The molecule has 6 heteroatoms. The molecule has 0 fully saturated rings. The Balaban J connectivity index is 2.13. The molecule has 1 aromatic heterocycles. The molecule has 0 bridgehead atoms. The standard InChI is InChI=1S/C14H17N5O/c1-9-15-11-8-6-5-7-10(11)12(20-9)13-16-17-18-19(13)14(2,3)4/h5-8,12H,1-4H3. The number of hydrogen-bond donors (Lipinski definition) is 0. The van der Waals surface area contributed by atoms with Crippen molar-refractivity contribution >= 4 is 11.6 Å². The van der Waals surface area contributed by atoms with Crippen molar-refractivity contribution in [1.29, 1.82) is 0 Å². The predicted molar refractivity (Wildman–Crippen MR) is 75.0 cm³/mol. The van der Waals surface area contributed by atoms with Crippen molar-refractivity contribution in [2.75, 3.05) is 0 Å². The molecule has 0 N–H and O–H groups in total. The van der Waals surface area contributed by atoms with Gasteiger partial charge in [0, 0.05) is 12.5 Å². The molecule has 0 aliphatic carbocycles. The summed E-state index contributed by atoms with van der Waals surface area (Å²) in [5.74, 6) is 1.32. The molecule has 0 spiro atoms. The topological polar surface area (TPSA) is 65.2 Å². The summed E-state index contributed by atoms with van der Waals surface area (Å²) in [5.41, 5.74) is 1.68. The average Bonchev–Trinajstić information content (AvgIpc) is 2.86. The van der Waals surface area contributed by atoms with Gasteiger partial charge in [-0.15, -0.1) is 5.10 Å². The smallest absolute Gasteiger partial charge is 0.197 e. The van der Waals surface area contributed by atoms with E-state index in [1.54, 1.807) is 4.68 Å². The molecule has 6 nitrogen and oxygen atoms in total. The van der Waals surface area contributed by atoms with E-state index in [0.29, 0.717) is 11.7 Å². The van der Waals surface area contributed by atoms with Crippen molar-refractivity contribution in [3.05, 3.63) is 35.7 Å². The van der Waals surface area contributed by atoms with Gasteiger partial charge < -0.3 is 4.74 Å². The molecule has 0 radical (unpaired) electrons. The fourth-order valence-corrected chi connectivity index (χ4v) is 2.27. The van der Waals surface area contributed by atoms with Crippen molar-refractivity contribution in [2.24, 2.45) is 4.99 Å². The summed E-state index contributed by atoms with van der Waals surface area (Å²) in [6, 6.07) is 7.90. The quantitative estimate of drug-likeness (QED) is 0.799. The van der Waals surface area contributed by atoms with Crippen molar-refractivity contribution in [2.45, 2.75) is 39.3 Å². The summed E-state index contributed by atoms with van der Waals surface area (Å²) in [6.45, 7) is 8.02. The van der Waals surface area contributed by atoms with Crippen LogP contribution in [-0.4, -0.2) is 26.1 Å². The first-order valence-electron chi connectivity index (χ1n) is 6.56. The molecule has 0 saturated heterocycles. The summed E-state index contributed by atoms with van der Waals surface area (Å²) >= 11 is 0. The monoisotopic (exact) mass is 271 g/mol. The first-order chi connectivity index (χ1) is 9.47. The lowest BCUT2D eigenvalue weighted by molar-refractivity contribution is 0.195. The minimum Gasteiger partial charge on any atom is -0.465 e. The van der Waals surface area contributed by atoms with Crippen LogP contribution in [0.1, 0.15) is 45.2 Å². The molecular formula is C14H17N5O. The minimum absolute atomic E-state index is 0.209. The SMILES string of the molecule is CC1=Nc2ccccc2C(c2nnnn2C(C)(C)C)O1. The number of hydrogen-bond acceptors (Lipinski definition) is 5. The summed E-state index contributed by atoms with van der Waals surface area (Å²) in [7, 11) is 0. The van der Waals surface area contributed by atoms with Gasteiger partial charge in [0.25, 0.3) is 0 Å². The van der Waals surface area contributed by atoms with Gasteiger partial charge in [-0.25, -0.2) is 9.67 Å². The number of para-hydroxylation sites is 1. The Kier molecular flexibility index (Phi) is 2.81. The molecule has 2 heterocycles. The van der Waals surface area contributed by atoms with Crippen LogP contribution in [0.3, 0.4) is 0 Å². The molecular weight excluding hydrogens is 254 g/mol. The van der Waals surface area contributed by atoms with Gasteiger partial charge in [-0.1, -0.05) is 18.2 Å². The molecule has 3 rings (SSSR count). The number of aromatic nitrogens is 4. The van der Waals surface area contributed by atoms with Crippen LogP contribution in [-0.2, 0) is 10.3 Å². The van der Waals surface area contributed by atoms with Crippen LogP contribution < -0.4 is 0 Å². The number of ether oxygens (including phenoxy) is 1. The second-order valence-electron chi connectivity index (χ2n) is 5.81. The Morgan fingerprint density at radius 2 is 1.95 bits per heavy atom. The van der Waals surface area contributed by atoms with Crippen LogP contribution in [0.5, 0.6) is 0 Å². The molecule has 1 atom stereocenters.